The molecule has 0 fully saturated rings. The van der Waals surface area contributed by atoms with Crippen molar-refractivity contribution in [3.8, 4) is 6.07 Å². The average molecular weight is 330 g/mol. The molecule has 122 valence electrons. The summed E-state index contributed by atoms with van der Waals surface area (Å²) in [6.45, 7) is 7.33. The third-order valence-corrected chi connectivity index (χ3v) is 5.96. The first kappa shape index (κ1) is 16.1. The molecule has 1 aliphatic rings. The van der Waals surface area contributed by atoms with Crippen molar-refractivity contribution < 1.29 is 0 Å². The molecule has 2 aromatic heterocycles. The van der Waals surface area contributed by atoms with Crippen molar-refractivity contribution in [2.75, 3.05) is 0 Å². The van der Waals surface area contributed by atoms with Crippen molar-refractivity contribution in [2.24, 2.45) is 11.3 Å². The minimum Gasteiger partial charge on any atom is -0.267 e. The third-order valence-electron chi connectivity index (χ3n) is 4.82. The minimum atomic E-state index is -0.0420. The van der Waals surface area contributed by atoms with Crippen LogP contribution in [0.15, 0.2) is 4.79 Å². The number of hydrogen-bond donors (Lipinski definition) is 0. The number of unbranched alkanes of at least 4 members (excludes halogenated alkanes) is 1. The molecule has 0 amide bonds. The lowest BCUT2D eigenvalue weighted by molar-refractivity contribution is 0.218. The summed E-state index contributed by atoms with van der Waals surface area (Å²) >= 11 is 1.63. The van der Waals surface area contributed by atoms with E-state index in [0.29, 0.717) is 25.3 Å². The van der Waals surface area contributed by atoms with E-state index in [0.717, 1.165) is 29.5 Å². The maximum Gasteiger partial charge on any atom is 0.278 e. The van der Waals surface area contributed by atoms with Crippen LogP contribution in [0.2, 0.25) is 0 Å². The van der Waals surface area contributed by atoms with Crippen LogP contribution in [0.4, 0.5) is 0 Å². The molecule has 0 radical (unpaired) electrons. The smallest absolute Gasteiger partial charge is 0.267 e. The molecule has 0 N–H and O–H groups in total. The zero-order chi connectivity index (χ0) is 16.6. The van der Waals surface area contributed by atoms with Crippen molar-refractivity contribution in [3.05, 3.63) is 20.8 Å². The highest BCUT2D eigenvalue weighted by atomic mass is 32.1. The van der Waals surface area contributed by atoms with E-state index in [1.54, 1.807) is 11.3 Å². The second-order valence-corrected chi connectivity index (χ2v) is 8.45. The molecule has 1 atom stereocenters. The van der Waals surface area contributed by atoms with Gasteiger partial charge in [0.25, 0.3) is 5.56 Å². The van der Waals surface area contributed by atoms with E-state index in [2.05, 4.69) is 37.2 Å². The number of thiophene rings is 1. The van der Waals surface area contributed by atoms with E-state index >= 15 is 0 Å². The Labute approximate surface area is 139 Å². The largest absolute Gasteiger partial charge is 0.278 e. The zero-order valence-corrected chi connectivity index (χ0v) is 14.7. The summed E-state index contributed by atoms with van der Waals surface area (Å²) < 4.78 is 1.42. The number of fused-ring (bicyclic) bond motifs is 3. The average Bonchev–Trinajstić information content (AvgIpc) is 2.87. The van der Waals surface area contributed by atoms with Crippen LogP contribution in [0.25, 0.3) is 10.2 Å². The summed E-state index contributed by atoms with van der Waals surface area (Å²) in [6, 6.07) is 2.10. The molecule has 0 saturated carbocycles. The monoisotopic (exact) mass is 330 g/mol. The second-order valence-electron chi connectivity index (χ2n) is 7.37. The van der Waals surface area contributed by atoms with Gasteiger partial charge in [-0.3, -0.25) is 4.79 Å². The topological polar surface area (TPSA) is 71.6 Å². The lowest BCUT2D eigenvalue weighted by atomic mass is 9.72. The van der Waals surface area contributed by atoms with Crippen LogP contribution in [-0.2, 0) is 19.4 Å². The Balaban J connectivity index is 1.98. The molecule has 23 heavy (non-hydrogen) atoms. The lowest BCUT2D eigenvalue weighted by Gasteiger charge is -2.33. The molecule has 0 spiro atoms. The molecule has 6 heteroatoms. The summed E-state index contributed by atoms with van der Waals surface area (Å²) in [6.07, 6.45) is 4.18. The molecule has 5 nitrogen and oxygen atoms in total. The summed E-state index contributed by atoms with van der Waals surface area (Å²) in [7, 11) is 0. The van der Waals surface area contributed by atoms with E-state index in [4.69, 9.17) is 5.26 Å². The second kappa shape index (κ2) is 6.04. The molecule has 1 unspecified atom stereocenters. The third kappa shape index (κ3) is 3.02. The van der Waals surface area contributed by atoms with Crippen molar-refractivity contribution in [1.29, 1.82) is 5.26 Å². The van der Waals surface area contributed by atoms with E-state index in [-0.39, 0.29) is 11.0 Å². The summed E-state index contributed by atoms with van der Waals surface area (Å²) in [5, 5.41) is 17.7. The van der Waals surface area contributed by atoms with Gasteiger partial charge in [0, 0.05) is 17.8 Å². The molecule has 2 heterocycles. The van der Waals surface area contributed by atoms with Gasteiger partial charge in [0.2, 0.25) is 0 Å². The highest BCUT2D eigenvalue weighted by Crippen LogP contribution is 2.41. The van der Waals surface area contributed by atoms with Gasteiger partial charge in [0.05, 0.1) is 11.5 Å². The van der Waals surface area contributed by atoms with Crippen LogP contribution >= 0.6 is 11.3 Å². The van der Waals surface area contributed by atoms with Gasteiger partial charge in [0.1, 0.15) is 0 Å². The van der Waals surface area contributed by atoms with Crippen molar-refractivity contribution >= 4 is 21.6 Å². The normalized spacial score (nSPS) is 17.9. The number of hydrogen-bond acceptors (Lipinski definition) is 5. The number of aryl methyl sites for hydroxylation is 2. The van der Waals surface area contributed by atoms with Gasteiger partial charge < -0.3 is 0 Å². The number of nitrogens with zero attached hydrogens (tertiary/aromatic N) is 4. The first-order valence-electron chi connectivity index (χ1n) is 8.17. The fourth-order valence-corrected chi connectivity index (χ4v) is 4.56. The Hall–Kier alpha value is -1.74. The first-order chi connectivity index (χ1) is 10.9. The van der Waals surface area contributed by atoms with Gasteiger partial charge in [-0.2, -0.15) is 5.26 Å². The first-order valence-corrected chi connectivity index (χ1v) is 8.98. The predicted molar refractivity (Wildman–Crippen MR) is 91.5 cm³/mol. The number of nitriles is 1. The molecular weight excluding hydrogens is 308 g/mol. The van der Waals surface area contributed by atoms with Crippen LogP contribution in [0, 0.1) is 22.7 Å². The highest BCUT2D eigenvalue weighted by molar-refractivity contribution is 7.18. The fourth-order valence-electron chi connectivity index (χ4n) is 3.32. The number of rotatable bonds is 3. The van der Waals surface area contributed by atoms with Gasteiger partial charge in [-0.25, -0.2) is 4.68 Å². The maximum absolute atomic E-state index is 12.7. The Bertz CT molecular complexity index is 822. The summed E-state index contributed by atoms with van der Waals surface area (Å²) in [5.41, 5.74) is 1.44. The Morgan fingerprint density at radius 2 is 2.22 bits per heavy atom. The summed E-state index contributed by atoms with van der Waals surface area (Å²) in [5.74, 6) is 0.647. The molecule has 0 aliphatic heterocycles. The van der Waals surface area contributed by atoms with Crippen LogP contribution in [0.1, 0.15) is 50.5 Å². The quantitative estimate of drug-likeness (QED) is 0.809. The molecule has 0 saturated heterocycles. The molecular formula is C17H22N4OS. The van der Waals surface area contributed by atoms with Crippen LogP contribution < -0.4 is 5.56 Å². The fraction of sp³-hybridized carbons (Fsp3) is 0.647. The van der Waals surface area contributed by atoms with Gasteiger partial charge in [0.15, 0.2) is 4.83 Å². The Kier molecular flexibility index (Phi) is 4.24. The van der Waals surface area contributed by atoms with E-state index in [1.807, 2.05) is 0 Å². The van der Waals surface area contributed by atoms with Crippen LogP contribution in [-0.4, -0.2) is 15.0 Å². The molecule has 1 aliphatic carbocycles. The Morgan fingerprint density at radius 1 is 1.43 bits per heavy atom. The number of aromatic nitrogens is 3. The molecule has 0 bridgehead atoms. The predicted octanol–water partition coefficient (Wildman–Crippen LogP) is 3.31. The van der Waals surface area contributed by atoms with Gasteiger partial charge in [-0.05, 0) is 42.6 Å². The summed E-state index contributed by atoms with van der Waals surface area (Å²) in [4.78, 5) is 14.8. The van der Waals surface area contributed by atoms with E-state index in [9.17, 15) is 4.79 Å². The SMILES string of the molecule is CC(C)(C)C1CCc2c(sc3nnn(CCCC#N)c(=O)c23)C1. The van der Waals surface area contributed by atoms with Gasteiger partial charge >= 0.3 is 0 Å². The standard InChI is InChI=1S/C17H22N4OS/c1-17(2,3)11-6-7-12-13(10-11)23-15-14(12)16(22)21(20-19-15)9-5-4-8-18/h11H,4-7,9-10H2,1-3H3. The van der Waals surface area contributed by atoms with Crippen molar-refractivity contribution in [3.63, 3.8) is 0 Å². The minimum absolute atomic E-state index is 0.0420. The molecule has 2 aromatic rings. The maximum atomic E-state index is 12.7. The van der Waals surface area contributed by atoms with Gasteiger partial charge in [-0.1, -0.05) is 26.0 Å². The molecule has 3 rings (SSSR count). The van der Waals surface area contributed by atoms with Crippen LogP contribution in [0.3, 0.4) is 0 Å². The van der Waals surface area contributed by atoms with Crippen molar-refractivity contribution in [1.82, 2.24) is 15.0 Å². The van der Waals surface area contributed by atoms with E-state index in [1.165, 1.54) is 15.1 Å². The highest BCUT2D eigenvalue weighted by Gasteiger charge is 2.31. The zero-order valence-electron chi connectivity index (χ0n) is 13.9. The van der Waals surface area contributed by atoms with Crippen LogP contribution in [0.5, 0.6) is 0 Å². The van der Waals surface area contributed by atoms with Crippen molar-refractivity contribution in [2.45, 2.75) is 59.4 Å². The Morgan fingerprint density at radius 3 is 2.91 bits per heavy atom. The molecule has 0 aromatic carbocycles. The van der Waals surface area contributed by atoms with E-state index < -0.39 is 0 Å². The lowest BCUT2D eigenvalue weighted by Crippen LogP contribution is -2.27. The van der Waals surface area contributed by atoms with Gasteiger partial charge in [-0.15, -0.1) is 16.4 Å².